The number of ether oxygens (including phenoxy) is 1. The van der Waals surface area contributed by atoms with Crippen LogP contribution in [0, 0.1) is 0 Å². The number of aromatic nitrogens is 2. The van der Waals surface area contributed by atoms with Gasteiger partial charge in [-0.15, -0.1) is 0 Å². The summed E-state index contributed by atoms with van der Waals surface area (Å²) in [4.78, 5) is 21.0. The molecule has 1 unspecified atom stereocenters. The van der Waals surface area contributed by atoms with Gasteiger partial charge in [0.1, 0.15) is 24.0 Å². The van der Waals surface area contributed by atoms with E-state index in [0.717, 1.165) is 18.9 Å². The van der Waals surface area contributed by atoms with E-state index >= 15 is 0 Å². The van der Waals surface area contributed by atoms with Crippen LogP contribution >= 0.6 is 0 Å². The van der Waals surface area contributed by atoms with Gasteiger partial charge in [-0.2, -0.15) is 0 Å². The van der Waals surface area contributed by atoms with Crippen LogP contribution in [0.5, 0.6) is 0 Å². The lowest BCUT2D eigenvalue weighted by molar-refractivity contribution is -0.137. The van der Waals surface area contributed by atoms with Gasteiger partial charge < -0.3 is 20.1 Å². The van der Waals surface area contributed by atoms with Crippen molar-refractivity contribution in [1.82, 2.24) is 9.97 Å². The monoisotopic (exact) mass is 252 g/mol. The minimum atomic E-state index is -0.915. The molecule has 7 nitrogen and oxygen atoms in total. The standard InChI is InChI=1S/C11H16N4O3/c1-8(11(16)17)14-9-6-10(13-7-12-9)15-2-4-18-5-3-15/h6-8H,2-5H2,1H3,(H,16,17)(H,12,13,14). The van der Waals surface area contributed by atoms with Gasteiger partial charge in [0, 0.05) is 19.2 Å². The van der Waals surface area contributed by atoms with Gasteiger partial charge in [0.2, 0.25) is 0 Å². The lowest BCUT2D eigenvalue weighted by Gasteiger charge is -2.27. The fourth-order valence-corrected chi connectivity index (χ4v) is 1.67. The Kier molecular flexibility index (Phi) is 3.93. The van der Waals surface area contributed by atoms with Gasteiger partial charge >= 0.3 is 5.97 Å². The molecule has 1 aromatic heterocycles. The van der Waals surface area contributed by atoms with Gasteiger partial charge in [0.25, 0.3) is 0 Å². The van der Waals surface area contributed by atoms with Crippen LogP contribution in [0.1, 0.15) is 6.92 Å². The number of morpholine rings is 1. The predicted molar refractivity (Wildman–Crippen MR) is 65.8 cm³/mol. The summed E-state index contributed by atoms with van der Waals surface area (Å²) in [7, 11) is 0. The van der Waals surface area contributed by atoms with Crippen LogP contribution in [-0.4, -0.2) is 53.4 Å². The molecule has 0 bridgehead atoms. The third kappa shape index (κ3) is 3.07. The zero-order chi connectivity index (χ0) is 13.0. The van der Waals surface area contributed by atoms with E-state index < -0.39 is 12.0 Å². The summed E-state index contributed by atoms with van der Waals surface area (Å²) in [6.45, 7) is 4.49. The summed E-state index contributed by atoms with van der Waals surface area (Å²) >= 11 is 0. The average Bonchev–Trinajstić information content (AvgIpc) is 2.40. The van der Waals surface area contributed by atoms with E-state index in [4.69, 9.17) is 9.84 Å². The second-order valence-electron chi connectivity index (χ2n) is 4.07. The highest BCUT2D eigenvalue weighted by atomic mass is 16.5. The number of hydrogen-bond acceptors (Lipinski definition) is 6. The van der Waals surface area contributed by atoms with Crippen molar-refractivity contribution >= 4 is 17.6 Å². The molecule has 1 aromatic rings. The number of nitrogens with zero attached hydrogens (tertiary/aromatic N) is 3. The normalized spacial score (nSPS) is 17.3. The first kappa shape index (κ1) is 12.6. The SMILES string of the molecule is CC(Nc1cc(N2CCOCC2)ncn1)C(=O)O. The van der Waals surface area contributed by atoms with Gasteiger partial charge in [-0.1, -0.05) is 0 Å². The van der Waals surface area contributed by atoms with Crippen molar-refractivity contribution in [2.45, 2.75) is 13.0 Å². The fraction of sp³-hybridized carbons (Fsp3) is 0.545. The van der Waals surface area contributed by atoms with E-state index in [1.165, 1.54) is 6.33 Å². The number of carboxylic acids is 1. The number of carbonyl (C=O) groups is 1. The number of anilines is 2. The first-order valence-electron chi connectivity index (χ1n) is 5.81. The van der Waals surface area contributed by atoms with Crippen molar-refractivity contribution in [2.75, 3.05) is 36.5 Å². The summed E-state index contributed by atoms with van der Waals surface area (Å²) in [5.41, 5.74) is 0. The number of nitrogens with one attached hydrogen (secondary N) is 1. The Morgan fingerprint density at radius 1 is 1.50 bits per heavy atom. The molecule has 2 N–H and O–H groups in total. The summed E-state index contributed by atoms with van der Waals surface area (Å²) in [6, 6.07) is 1.07. The number of carboxylic acid groups (broad SMARTS) is 1. The van der Waals surface area contributed by atoms with E-state index in [9.17, 15) is 4.79 Å². The lowest BCUT2D eigenvalue weighted by atomic mass is 10.3. The van der Waals surface area contributed by atoms with Crippen LogP contribution in [-0.2, 0) is 9.53 Å². The molecule has 0 saturated carbocycles. The molecule has 18 heavy (non-hydrogen) atoms. The second kappa shape index (κ2) is 5.63. The third-order valence-corrected chi connectivity index (χ3v) is 2.72. The van der Waals surface area contributed by atoms with Crippen LogP contribution in [0.25, 0.3) is 0 Å². The molecular weight excluding hydrogens is 236 g/mol. The van der Waals surface area contributed by atoms with Crippen LogP contribution < -0.4 is 10.2 Å². The van der Waals surface area contributed by atoms with E-state index in [-0.39, 0.29) is 0 Å². The first-order chi connectivity index (χ1) is 8.66. The predicted octanol–water partition coefficient (Wildman–Crippen LogP) is 0.198. The summed E-state index contributed by atoms with van der Waals surface area (Å²) < 4.78 is 5.27. The average molecular weight is 252 g/mol. The Labute approximate surface area is 105 Å². The van der Waals surface area contributed by atoms with Gasteiger partial charge in [0.05, 0.1) is 13.2 Å². The molecule has 2 heterocycles. The highest BCUT2D eigenvalue weighted by Gasteiger charge is 2.15. The largest absolute Gasteiger partial charge is 0.480 e. The molecule has 1 atom stereocenters. The van der Waals surface area contributed by atoms with Crippen LogP contribution in [0.2, 0.25) is 0 Å². The Hall–Kier alpha value is -1.89. The maximum atomic E-state index is 10.8. The molecule has 0 aliphatic carbocycles. The molecule has 0 aromatic carbocycles. The number of rotatable bonds is 4. The van der Waals surface area contributed by atoms with Crippen molar-refractivity contribution in [3.05, 3.63) is 12.4 Å². The molecule has 1 aliphatic heterocycles. The number of aliphatic carboxylic acids is 1. The van der Waals surface area contributed by atoms with Crippen LogP contribution in [0.3, 0.4) is 0 Å². The van der Waals surface area contributed by atoms with Crippen molar-refractivity contribution in [2.24, 2.45) is 0 Å². The molecule has 1 aliphatic rings. The lowest BCUT2D eigenvalue weighted by Crippen LogP contribution is -2.36. The highest BCUT2D eigenvalue weighted by Crippen LogP contribution is 2.15. The molecular formula is C11H16N4O3. The zero-order valence-corrected chi connectivity index (χ0v) is 10.2. The molecule has 98 valence electrons. The van der Waals surface area contributed by atoms with Gasteiger partial charge in [0.15, 0.2) is 0 Å². The molecule has 1 saturated heterocycles. The quantitative estimate of drug-likeness (QED) is 0.791. The van der Waals surface area contributed by atoms with Gasteiger partial charge in [-0.05, 0) is 6.92 Å². The van der Waals surface area contributed by atoms with E-state index in [1.54, 1.807) is 13.0 Å². The van der Waals surface area contributed by atoms with Crippen molar-refractivity contribution in [3.63, 3.8) is 0 Å². The summed E-state index contributed by atoms with van der Waals surface area (Å²) in [6.07, 6.45) is 1.43. The second-order valence-corrected chi connectivity index (χ2v) is 4.07. The molecule has 7 heteroatoms. The van der Waals surface area contributed by atoms with E-state index in [0.29, 0.717) is 19.0 Å². The Balaban J connectivity index is 2.06. The Morgan fingerprint density at radius 2 is 2.22 bits per heavy atom. The number of hydrogen-bond donors (Lipinski definition) is 2. The summed E-state index contributed by atoms with van der Waals surface area (Å²) in [5, 5.41) is 11.6. The highest BCUT2D eigenvalue weighted by molar-refractivity contribution is 5.76. The summed E-state index contributed by atoms with van der Waals surface area (Å²) in [5.74, 6) is 0.385. The minimum Gasteiger partial charge on any atom is -0.480 e. The fourth-order valence-electron chi connectivity index (χ4n) is 1.67. The maximum Gasteiger partial charge on any atom is 0.325 e. The maximum absolute atomic E-state index is 10.8. The van der Waals surface area contributed by atoms with E-state index in [1.807, 2.05) is 0 Å². The van der Waals surface area contributed by atoms with E-state index in [2.05, 4.69) is 20.2 Å². The zero-order valence-electron chi connectivity index (χ0n) is 10.2. The third-order valence-electron chi connectivity index (χ3n) is 2.72. The topological polar surface area (TPSA) is 87.6 Å². The molecule has 2 rings (SSSR count). The molecule has 0 spiro atoms. The molecule has 1 fully saturated rings. The smallest absolute Gasteiger partial charge is 0.325 e. The van der Waals surface area contributed by atoms with Crippen LogP contribution in [0.15, 0.2) is 12.4 Å². The molecule has 0 radical (unpaired) electrons. The van der Waals surface area contributed by atoms with Gasteiger partial charge in [-0.25, -0.2) is 9.97 Å². The molecule has 0 amide bonds. The van der Waals surface area contributed by atoms with Crippen molar-refractivity contribution < 1.29 is 14.6 Å². The first-order valence-corrected chi connectivity index (χ1v) is 5.81. The van der Waals surface area contributed by atoms with Crippen molar-refractivity contribution in [1.29, 1.82) is 0 Å². The van der Waals surface area contributed by atoms with Crippen molar-refractivity contribution in [3.8, 4) is 0 Å². The van der Waals surface area contributed by atoms with Gasteiger partial charge in [-0.3, -0.25) is 4.79 Å². The Bertz CT molecular complexity index is 421. The van der Waals surface area contributed by atoms with Crippen LogP contribution in [0.4, 0.5) is 11.6 Å². The Morgan fingerprint density at radius 3 is 2.89 bits per heavy atom. The minimum absolute atomic E-state index is 0.515.